The quantitative estimate of drug-likeness (QED) is 0.793. The Kier molecular flexibility index (Phi) is 6.66. The fraction of sp³-hybridized carbons (Fsp3) is 0.263. The van der Waals surface area contributed by atoms with Gasteiger partial charge in [-0.25, -0.2) is 0 Å². The van der Waals surface area contributed by atoms with Crippen molar-refractivity contribution in [3.63, 3.8) is 0 Å². The average Bonchev–Trinajstić information content (AvgIpc) is 2.60. The number of hydrogen-bond acceptors (Lipinski definition) is 3. The third kappa shape index (κ3) is 5.84. The summed E-state index contributed by atoms with van der Waals surface area (Å²) in [4.78, 5) is 23.2. The predicted octanol–water partition coefficient (Wildman–Crippen LogP) is 3.42. The van der Waals surface area contributed by atoms with Crippen LogP contribution < -0.4 is 15.4 Å². The molecule has 7 heteroatoms. The summed E-state index contributed by atoms with van der Waals surface area (Å²) in [7, 11) is 0. The van der Waals surface area contributed by atoms with Crippen LogP contribution in [0.5, 0.6) is 5.75 Å². The van der Waals surface area contributed by atoms with Crippen molar-refractivity contribution in [2.24, 2.45) is 0 Å². The van der Waals surface area contributed by atoms with Gasteiger partial charge in [0.05, 0.1) is 6.04 Å². The van der Waals surface area contributed by atoms with Crippen molar-refractivity contribution in [3.8, 4) is 5.75 Å². The number of benzene rings is 2. The second kappa shape index (κ2) is 8.94. The first kappa shape index (κ1) is 19.4. The van der Waals surface area contributed by atoms with Crippen LogP contribution in [0.15, 0.2) is 48.5 Å². The van der Waals surface area contributed by atoms with Gasteiger partial charge in [0.1, 0.15) is 5.75 Å². The molecule has 5 nitrogen and oxygen atoms in total. The number of alkyl halides is 2. The lowest BCUT2D eigenvalue weighted by atomic mass is 10.1. The van der Waals surface area contributed by atoms with Gasteiger partial charge in [-0.05, 0) is 42.3 Å². The monoisotopic (exact) mass is 362 g/mol. The summed E-state index contributed by atoms with van der Waals surface area (Å²) < 4.78 is 28.6. The molecule has 26 heavy (non-hydrogen) atoms. The van der Waals surface area contributed by atoms with Gasteiger partial charge < -0.3 is 15.4 Å². The second-order valence-electron chi connectivity index (χ2n) is 5.75. The molecule has 0 aromatic heterocycles. The normalized spacial score (nSPS) is 11.7. The molecule has 1 unspecified atom stereocenters. The van der Waals surface area contributed by atoms with Crippen molar-refractivity contribution in [2.45, 2.75) is 33.0 Å². The van der Waals surface area contributed by atoms with E-state index in [0.717, 1.165) is 11.1 Å². The highest BCUT2D eigenvalue weighted by atomic mass is 19.3. The van der Waals surface area contributed by atoms with Gasteiger partial charge in [-0.2, -0.15) is 8.78 Å². The molecule has 2 aromatic carbocycles. The van der Waals surface area contributed by atoms with Crippen LogP contribution in [0.2, 0.25) is 0 Å². The summed E-state index contributed by atoms with van der Waals surface area (Å²) in [5.41, 5.74) is 2.14. The SMILES string of the molecule is CC(=O)NCc1ccc(C(=O)NC(C)c2ccc(OC(F)F)cc2)cc1. The molecular formula is C19H20F2N2O3. The maximum atomic E-state index is 12.3. The van der Waals surface area contributed by atoms with Crippen LogP contribution in [0.25, 0.3) is 0 Å². The van der Waals surface area contributed by atoms with Gasteiger partial charge in [-0.15, -0.1) is 0 Å². The Bertz CT molecular complexity index is 746. The van der Waals surface area contributed by atoms with Crippen LogP contribution in [0.4, 0.5) is 8.78 Å². The van der Waals surface area contributed by atoms with E-state index in [1.807, 2.05) is 0 Å². The van der Waals surface area contributed by atoms with Gasteiger partial charge in [0.25, 0.3) is 5.91 Å². The molecular weight excluding hydrogens is 342 g/mol. The second-order valence-corrected chi connectivity index (χ2v) is 5.75. The summed E-state index contributed by atoms with van der Waals surface area (Å²) in [6, 6.07) is 12.7. The number of carbonyl (C=O) groups excluding carboxylic acids is 2. The Morgan fingerprint density at radius 1 is 1.04 bits per heavy atom. The number of ether oxygens (including phenoxy) is 1. The standard InChI is InChI=1S/C19H20F2N2O3/c1-12(15-7-9-17(10-8-15)26-19(20)21)23-18(25)16-5-3-14(4-6-16)11-22-13(2)24/h3-10,12,19H,11H2,1-2H3,(H,22,24)(H,23,25). The summed E-state index contributed by atoms with van der Waals surface area (Å²) in [6.07, 6.45) is 0. The van der Waals surface area contributed by atoms with Gasteiger partial charge in [0.2, 0.25) is 5.91 Å². The minimum absolute atomic E-state index is 0.0667. The minimum Gasteiger partial charge on any atom is -0.435 e. The molecule has 0 saturated heterocycles. The summed E-state index contributed by atoms with van der Waals surface area (Å²) in [5.74, 6) is -0.306. The molecule has 0 heterocycles. The smallest absolute Gasteiger partial charge is 0.387 e. The van der Waals surface area contributed by atoms with E-state index in [0.29, 0.717) is 12.1 Å². The molecule has 0 fully saturated rings. The molecule has 2 amide bonds. The van der Waals surface area contributed by atoms with Gasteiger partial charge in [0, 0.05) is 19.0 Å². The van der Waals surface area contributed by atoms with E-state index in [-0.39, 0.29) is 23.6 Å². The van der Waals surface area contributed by atoms with Crippen molar-refractivity contribution in [1.29, 1.82) is 0 Å². The zero-order valence-electron chi connectivity index (χ0n) is 14.5. The first-order valence-electron chi connectivity index (χ1n) is 8.04. The Hall–Kier alpha value is -2.96. The number of carbonyl (C=O) groups is 2. The molecule has 138 valence electrons. The Morgan fingerprint density at radius 2 is 1.65 bits per heavy atom. The van der Waals surface area contributed by atoms with Crippen molar-refractivity contribution >= 4 is 11.8 Å². The largest absolute Gasteiger partial charge is 0.435 e. The third-order valence-electron chi connectivity index (χ3n) is 3.71. The van der Waals surface area contributed by atoms with E-state index >= 15 is 0 Å². The maximum Gasteiger partial charge on any atom is 0.387 e. The molecule has 0 bridgehead atoms. The first-order valence-corrected chi connectivity index (χ1v) is 8.04. The molecule has 2 N–H and O–H groups in total. The number of nitrogens with one attached hydrogen (secondary N) is 2. The highest BCUT2D eigenvalue weighted by Gasteiger charge is 2.12. The third-order valence-corrected chi connectivity index (χ3v) is 3.71. The van der Waals surface area contributed by atoms with Gasteiger partial charge in [0.15, 0.2) is 0 Å². The average molecular weight is 362 g/mol. The Labute approximate surface area is 150 Å². The van der Waals surface area contributed by atoms with Crippen LogP contribution in [0.3, 0.4) is 0 Å². The van der Waals surface area contributed by atoms with Gasteiger partial charge in [-0.1, -0.05) is 24.3 Å². The summed E-state index contributed by atoms with van der Waals surface area (Å²) in [6.45, 7) is 0.772. The molecule has 0 saturated carbocycles. The van der Waals surface area contributed by atoms with E-state index in [9.17, 15) is 18.4 Å². The molecule has 2 aromatic rings. The van der Waals surface area contributed by atoms with Crippen LogP contribution in [0, 0.1) is 0 Å². The lowest BCUT2D eigenvalue weighted by Gasteiger charge is -2.15. The van der Waals surface area contributed by atoms with E-state index in [4.69, 9.17) is 0 Å². The minimum atomic E-state index is -2.87. The number of hydrogen-bond donors (Lipinski definition) is 2. The number of rotatable bonds is 7. The molecule has 0 aliphatic heterocycles. The van der Waals surface area contributed by atoms with E-state index in [1.165, 1.54) is 19.1 Å². The van der Waals surface area contributed by atoms with Crippen molar-refractivity contribution in [2.75, 3.05) is 0 Å². The summed E-state index contributed by atoms with van der Waals surface area (Å²) >= 11 is 0. The lowest BCUT2D eigenvalue weighted by molar-refractivity contribution is -0.119. The lowest BCUT2D eigenvalue weighted by Crippen LogP contribution is -2.26. The van der Waals surface area contributed by atoms with Crippen LogP contribution in [-0.4, -0.2) is 18.4 Å². The zero-order valence-corrected chi connectivity index (χ0v) is 14.5. The maximum absolute atomic E-state index is 12.3. The number of amides is 2. The highest BCUT2D eigenvalue weighted by Crippen LogP contribution is 2.19. The fourth-order valence-electron chi connectivity index (χ4n) is 2.30. The van der Waals surface area contributed by atoms with E-state index < -0.39 is 6.61 Å². The van der Waals surface area contributed by atoms with Gasteiger partial charge >= 0.3 is 6.61 Å². The summed E-state index contributed by atoms with van der Waals surface area (Å²) in [5, 5.41) is 5.53. The molecule has 2 rings (SSSR count). The van der Waals surface area contributed by atoms with Crippen molar-refractivity contribution < 1.29 is 23.1 Å². The molecule has 1 atom stereocenters. The first-order chi connectivity index (χ1) is 12.3. The van der Waals surface area contributed by atoms with Crippen molar-refractivity contribution in [3.05, 3.63) is 65.2 Å². The Balaban J connectivity index is 1.94. The van der Waals surface area contributed by atoms with Gasteiger partial charge in [-0.3, -0.25) is 9.59 Å². The van der Waals surface area contributed by atoms with Crippen LogP contribution >= 0.6 is 0 Å². The van der Waals surface area contributed by atoms with Crippen LogP contribution in [0.1, 0.15) is 41.4 Å². The molecule has 0 aliphatic rings. The molecule has 0 radical (unpaired) electrons. The molecule has 0 aliphatic carbocycles. The number of halogens is 2. The predicted molar refractivity (Wildman–Crippen MR) is 92.9 cm³/mol. The van der Waals surface area contributed by atoms with Crippen LogP contribution in [-0.2, 0) is 11.3 Å². The highest BCUT2D eigenvalue weighted by molar-refractivity contribution is 5.94. The van der Waals surface area contributed by atoms with E-state index in [2.05, 4.69) is 15.4 Å². The Morgan fingerprint density at radius 3 is 2.19 bits per heavy atom. The fourth-order valence-corrected chi connectivity index (χ4v) is 2.30. The zero-order chi connectivity index (χ0) is 19.1. The van der Waals surface area contributed by atoms with E-state index in [1.54, 1.807) is 43.3 Å². The molecule has 0 spiro atoms. The topological polar surface area (TPSA) is 67.4 Å². The van der Waals surface area contributed by atoms with Crippen molar-refractivity contribution in [1.82, 2.24) is 10.6 Å².